The number of aromatic amines is 1. The van der Waals surface area contributed by atoms with Gasteiger partial charge < -0.3 is 5.73 Å². The van der Waals surface area contributed by atoms with Crippen LogP contribution in [0.2, 0.25) is 5.02 Å². The minimum atomic E-state index is -0.146. The molecule has 0 aliphatic rings. The Labute approximate surface area is 145 Å². The van der Waals surface area contributed by atoms with Gasteiger partial charge in [0.25, 0.3) is 0 Å². The first-order chi connectivity index (χ1) is 11.7. The molecule has 1 aromatic carbocycles. The van der Waals surface area contributed by atoms with Crippen LogP contribution in [0.15, 0.2) is 35.3 Å². The van der Waals surface area contributed by atoms with Crippen molar-refractivity contribution in [1.29, 1.82) is 0 Å². The fourth-order valence-corrected chi connectivity index (χ4v) is 3.21. The Morgan fingerprint density at radius 2 is 2.17 bits per heavy atom. The number of aromatic nitrogens is 3. The van der Waals surface area contributed by atoms with E-state index in [-0.39, 0.29) is 5.69 Å². The van der Waals surface area contributed by atoms with Gasteiger partial charge >= 0.3 is 5.69 Å². The van der Waals surface area contributed by atoms with Gasteiger partial charge in [-0.05, 0) is 23.6 Å². The molecule has 3 aromatic rings. The maximum absolute atomic E-state index is 12.4. The zero-order valence-corrected chi connectivity index (χ0v) is 14.4. The summed E-state index contributed by atoms with van der Waals surface area (Å²) in [4.78, 5) is 19.5. The molecule has 2 aromatic heterocycles. The van der Waals surface area contributed by atoms with Crippen molar-refractivity contribution in [3.05, 3.63) is 51.5 Å². The van der Waals surface area contributed by atoms with E-state index >= 15 is 0 Å². The lowest BCUT2D eigenvalue weighted by molar-refractivity contribution is 0.601. The third-order valence-electron chi connectivity index (χ3n) is 4.18. The second-order valence-corrected chi connectivity index (χ2v) is 6.28. The minimum Gasteiger partial charge on any atom is -0.326 e. The fraction of sp³-hybridized carbons (Fsp3) is 0.333. The average molecular weight is 345 g/mol. The lowest BCUT2D eigenvalue weighted by Gasteiger charge is -2.11. The highest BCUT2D eigenvalue weighted by Gasteiger charge is 2.17. The summed E-state index contributed by atoms with van der Waals surface area (Å²) < 4.78 is 1.74. The molecule has 0 radical (unpaired) electrons. The monoisotopic (exact) mass is 344 g/mol. The van der Waals surface area contributed by atoms with Crippen LogP contribution in [-0.2, 0) is 13.1 Å². The Morgan fingerprint density at radius 1 is 1.33 bits per heavy atom. The number of fused-ring (bicyclic) bond motifs is 1. The Kier molecular flexibility index (Phi) is 5.02. The van der Waals surface area contributed by atoms with Gasteiger partial charge in [0.15, 0.2) is 5.65 Å². The van der Waals surface area contributed by atoms with Crippen LogP contribution in [0.1, 0.15) is 31.7 Å². The fourth-order valence-electron chi connectivity index (χ4n) is 2.96. The van der Waals surface area contributed by atoms with E-state index in [4.69, 9.17) is 17.3 Å². The Hall–Kier alpha value is -2.11. The van der Waals surface area contributed by atoms with Crippen molar-refractivity contribution in [2.45, 2.75) is 39.3 Å². The lowest BCUT2D eigenvalue weighted by Crippen LogP contribution is -2.17. The highest BCUT2D eigenvalue weighted by Crippen LogP contribution is 2.33. The molecule has 0 saturated carbocycles. The van der Waals surface area contributed by atoms with E-state index in [1.165, 1.54) is 0 Å². The van der Waals surface area contributed by atoms with E-state index in [1.807, 2.05) is 24.3 Å². The summed E-state index contributed by atoms with van der Waals surface area (Å²) in [5, 5.41) is 0.528. The van der Waals surface area contributed by atoms with Crippen LogP contribution >= 0.6 is 11.6 Å². The lowest BCUT2D eigenvalue weighted by atomic mass is 10.0. The molecule has 0 aliphatic carbocycles. The van der Waals surface area contributed by atoms with Crippen LogP contribution < -0.4 is 11.4 Å². The van der Waals surface area contributed by atoms with Crippen molar-refractivity contribution in [1.82, 2.24) is 14.5 Å². The van der Waals surface area contributed by atoms with E-state index in [2.05, 4.69) is 16.9 Å². The molecule has 5 nitrogen and oxygen atoms in total. The quantitative estimate of drug-likeness (QED) is 0.669. The number of nitrogens with one attached hydrogen (secondary N) is 1. The van der Waals surface area contributed by atoms with Crippen molar-refractivity contribution in [2.24, 2.45) is 5.73 Å². The van der Waals surface area contributed by atoms with Gasteiger partial charge in [0.1, 0.15) is 0 Å². The molecule has 0 bridgehead atoms. The van der Waals surface area contributed by atoms with Gasteiger partial charge in [-0.2, -0.15) is 0 Å². The molecule has 0 atom stereocenters. The summed E-state index contributed by atoms with van der Waals surface area (Å²) in [6.45, 7) is 3.24. The van der Waals surface area contributed by atoms with Crippen molar-refractivity contribution >= 4 is 22.8 Å². The van der Waals surface area contributed by atoms with Crippen LogP contribution in [0.4, 0.5) is 0 Å². The molecule has 6 heteroatoms. The van der Waals surface area contributed by atoms with Gasteiger partial charge in [-0.1, -0.05) is 49.6 Å². The number of benzene rings is 1. The molecule has 0 fully saturated rings. The number of nitrogens with two attached hydrogens (primary N) is 1. The second-order valence-electron chi connectivity index (χ2n) is 5.87. The number of unbranched alkanes of at least 4 members (excludes halogenated alkanes) is 2. The molecule has 3 N–H and O–H groups in total. The van der Waals surface area contributed by atoms with Crippen molar-refractivity contribution in [2.75, 3.05) is 0 Å². The van der Waals surface area contributed by atoms with Crippen LogP contribution in [-0.4, -0.2) is 14.5 Å². The first-order valence-electron chi connectivity index (χ1n) is 8.22. The number of H-pyrrole nitrogens is 1. The zero-order chi connectivity index (χ0) is 17.1. The summed E-state index contributed by atoms with van der Waals surface area (Å²) in [5.41, 5.74) is 9.72. The van der Waals surface area contributed by atoms with Crippen LogP contribution in [0.5, 0.6) is 0 Å². The van der Waals surface area contributed by atoms with Gasteiger partial charge in [0, 0.05) is 24.8 Å². The van der Waals surface area contributed by atoms with Gasteiger partial charge in [0.05, 0.1) is 10.5 Å². The molecule has 0 spiro atoms. The zero-order valence-electron chi connectivity index (χ0n) is 13.7. The maximum Gasteiger partial charge on any atom is 0.327 e. The van der Waals surface area contributed by atoms with Crippen LogP contribution in [0.25, 0.3) is 22.3 Å². The maximum atomic E-state index is 12.4. The smallest absolute Gasteiger partial charge is 0.326 e. The Balaban J connectivity index is 2.22. The number of aryl methyl sites for hydroxylation is 1. The van der Waals surface area contributed by atoms with Crippen molar-refractivity contribution < 1.29 is 0 Å². The normalized spacial score (nSPS) is 11.3. The summed E-state index contributed by atoms with van der Waals surface area (Å²) in [6, 6.07) is 7.91. The summed E-state index contributed by atoms with van der Waals surface area (Å²) >= 11 is 6.45. The van der Waals surface area contributed by atoms with Gasteiger partial charge in [-0.3, -0.25) is 9.55 Å². The van der Waals surface area contributed by atoms with Gasteiger partial charge in [-0.25, -0.2) is 9.78 Å². The predicted octanol–water partition coefficient (Wildman–Crippen LogP) is 3.69. The topological polar surface area (TPSA) is 76.7 Å². The largest absolute Gasteiger partial charge is 0.327 e. The molecule has 0 aliphatic heterocycles. The average Bonchev–Trinajstić information content (AvgIpc) is 2.91. The SMILES string of the molecule is CCCCCn1c(=O)[nH]c2ncc(Cl)c(-c3cccc(CN)c3)c21. The standard InChI is InChI=1S/C18H21ClN4O/c1-2-3-4-8-23-16-15(13-7-5-6-12(9-13)10-20)14(19)11-21-17(16)22-18(23)24/h5-7,9,11H,2-4,8,10,20H2,1H3,(H,21,22,24). The summed E-state index contributed by atoms with van der Waals surface area (Å²) in [6.07, 6.45) is 4.70. The van der Waals surface area contributed by atoms with E-state index in [0.29, 0.717) is 23.8 Å². The molecule has 24 heavy (non-hydrogen) atoms. The minimum absolute atomic E-state index is 0.146. The molecule has 0 amide bonds. The molecule has 2 heterocycles. The van der Waals surface area contributed by atoms with Gasteiger partial charge in [0.2, 0.25) is 0 Å². The number of halogens is 1. The van der Waals surface area contributed by atoms with Crippen LogP contribution in [0.3, 0.4) is 0 Å². The van der Waals surface area contributed by atoms with Crippen molar-refractivity contribution in [3.8, 4) is 11.1 Å². The highest BCUT2D eigenvalue weighted by molar-refractivity contribution is 6.34. The number of rotatable bonds is 6. The molecule has 0 saturated heterocycles. The number of hydrogen-bond donors (Lipinski definition) is 2. The van der Waals surface area contributed by atoms with E-state index < -0.39 is 0 Å². The number of hydrogen-bond acceptors (Lipinski definition) is 3. The second kappa shape index (κ2) is 7.20. The molecule has 3 rings (SSSR count). The first kappa shape index (κ1) is 16.7. The number of nitrogens with zero attached hydrogens (tertiary/aromatic N) is 2. The predicted molar refractivity (Wildman–Crippen MR) is 98.2 cm³/mol. The van der Waals surface area contributed by atoms with Gasteiger partial charge in [-0.15, -0.1) is 0 Å². The highest BCUT2D eigenvalue weighted by atomic mass is 35.5. The summed E-state index contributed by atoms with van der Waals surface area (Å²) in [5.74, 6) is 0. The molecule has 126 valence electrons. The Bertz CT molecular complexity index is 913. The molecular formula is C18H21ClN4O. The molecule has 0 unspecified atom stereocenters. The third kappa shape index (κ3) is 3.09. The van der Waals surface area contributed by atoms with E-state index in [1.54, 1.807) is 10.8 Å². The Morgan fingerprint density at radius 3 is 2.92 bits per heavy atom. The first-order valence-corrected chi connectivity index (χ1v) is 8.60. The van der Waals surface area contributed by atoms with Crippen molar-refractivity contribution in [3.63, 3.8) is 0 Å². The molecular weight excluding hydrogens is 324 g/mol. The van der Waals surface area contributed by atoms with E-state index in [9.17, 15) is 4.79 Å². The van der Waals surface area contributed by atoms with Crippen LogP contribution in [0, 0.1) is 0 Å². The third-order valence-corrected chi connectivity index (χ3v) is 4.47. The number of pyridine rings is 1. The summed E-state index contributed by atoms with van der Waals surface area (Å²) in [7, 11) is 0. The number of imidazole rings is 1. The van der Waals surface area contributed by atoms with E-state index in [0.717, 1.165) is 41.5 Å².